The Hall–Kier alpha value is -4.98. The minimum absolute atomic E-state index is 0.0502. The molecule has 0 spiro atoms. The number of amidine groups is 1. The van der Waals surface area contributed by atoms with Crippen molar-refractivity contribution in [1.82, 2.24) is 15.5 Å². The minimum atomic E-state index is -1.16. The van der Waals surface area contributed by atoms with Gasteiger partial charge >= 0.3 is 0 Å². The minimum Gasteiger partial charge on any atom is -0.384 e. The van der Waals surface area contributed by atoms with E-state index in [1.807, 2.05) is 6.07 Å². The monoisotopic (exact) mass is 607 g/mol. The van der Waals surface area contributed by atoms with Crippen molar-refractivity contribution in [2.75, 3.05) is 32.8 Å². The van der Waals surface area contributed by atoms with Crippen LogP contribution in [0.4, 0.5) is 0 Å². The molecule has 1 heterocycles. The first-order chi connectivity index (χ1) is 21.0. The number of hydrogen-bond acceptors (Lipinski definition) is 7. The number of ether oxygens (including phenoxy) is 1. The van der Waals surface area contributed by atoms with Crippen LogP contribution in [-0.4, -0.2) is 85.3 Å². The molecule has 0 saturated carbocycles. The number of guanidine groups is 1. The van der Waals surface area contributed by atoms with Gasteiger partial charge in [0.15, 0.2) is 5.96 Å². The molecule has 2 aromatic rings. The summed E-state index contributed by atoms with van der Waals surface area (Å²) in [7, 11) is 0. The third-order valence-electron chi connectivity index (χ3n) is 7.16. The number of nitrogens with zero attached hydrogens (tertiary/aromatic N) is 2. The van der Waals surface area contributed by atoms with Crippen molar-refractivity contribution in [3.63, 3.8) is 0 Å². The summed E-state index contributed by atoms with van der Waals surface area (Å²) >= 11 is 0. The number of aliphatic imine (C=N–C) groups is 1. The van der Waals surface area contributed by atoms with E-state index in [1.165, 1.54) is 0 Å². The largest absolute Gasteiger partial charge is 0.384 e. The summed E-state index contributed by atoms with van der Waals surface area (Å²) < 4.78 is 5.37. The quantitative estimate of drug-likeness (QED) is 0.0556. The highest BCUT2D eigenvalue weighted by molar-refractivity contribution is 6.02. The number of nitrogens with two attached hydrogens (primary N) is 4. The van der Waals surface area contributed by atoms with Gasteiger partial charge in [-0.1, -0.05) is 54.6 Å². The zero-order valence-corrected chi connectivity index (χ0v) is 24.5. The molecule has 0 radical (unpaired) electrons. The Kier molecular flexibility index (Phi) is 12.6. The smallest absolute Gasteiger partial charge is 0.243 e. The second-order valence-corrected chi connectivity index (χ2v) is 10.5. The highest BCUT2D eigenvalue weighted by atomic mass is 16.5. The molecule has 1 aliphatic rings. The molecule has 236 valence electrons. The second kappa shape index (κ2) is 16.6. The molecule has 44 heavy (non-hydrogen) atoms. The second-order valence-electron chi connectivity index (χ2n) is 10.5. The van der Waals surface area contributed by atoms with Gasteiger partial charge in [-0.2, -0.15) is 0 Å². The van der Waals surface area contributed by atoms with Crippen molar-refractivity contribution in [3.8, 4) is 0 Å². The van der Waals surface area contributed by atoms with Gasteiger partial charge in [0.1, 0.15) is 23.8 Å². The van der Waals surface area contributed by atoms with Gasteiger partial charge in [0.05, 0.1) is 13.2 Å². The van der Waals surface area contributed by atoms with Crippen LogP contribution in [0.5, 0.6) is 0 Å². The SMILES string of the molecule is N=C(N)c1ccc(CC(C(=O)N[C@@H](Cc2ccccc2)C(=O)N[C@@H](CCCN=C(N)N)C(N)=O)C(=O)N2CCOCC2)cc1. The molecule has 14 heteroatoms. The molecule has 4 amide bonds. The van der Waals surface area contributed by atoms with Crippen molar-refractivity contribution in [1.29, 1.82) is 5.41 Å². The Morgan fingerprint density at radius 1 is 0.841 bits per heavy atom. The summed E-state index contributed by atoms with van der Waals surface area (Å²) in [6.45, 7) is 1.61. The van der Waals surface area contributed by atoms with Gasteiger partial charge in [-0.05, 0) is 30.4 Å². The summed E-state index contributed by atoms with van der Waals surface area (Å²) in [5, 5.41) is 13.0. The summed E-state index contributed by atoms with van der Waals surface area (Å²) in [5.41, 5.74) is 23.8. The molecule has 3 rings (SSSR count). The lowest BCUT2D eigenvalue weighted by molar-refractivity contribution is -0.146. The zero-order chi connectivity index (χ0) is 32.1. The standard InChI is InChI=1S/C30H41N9O5/c31-25(32)21-10-8-20(9-11-21)17-22(29(43)39-13-15-44-16-14-39)27(41)38-24(18-19-5-2-1-3-6-19)28(42)37-23(26(33)40)7-4-12-36-30(34)35/h1-3,5-6,8-11,22-24H,4,7,12-18H2,(H3,31,32)(H2,33,40)(H,37,42)(H,38,41)(H4,34,35,36)/t22?,23-,24-/m0/s1. The van der Waals surface area contributed by atoms with E-state index in [9.17, 15) is 19.2 Å². The number of benzene rings is 2. The lowest BCUT2D eigenvalue weighted by atomic mass is 9.94. The van der Waals surface area contributed by atoms with Crippen LogP contribution >= 0.6 is 0 Å². The van der Waals surface area contributed by atoms with E-state index in [0.717, 1.165) is 5.56 Å². The molecule has 1 aliphatic heterocycles. The molecule has 0 aliphatic carbocycles. The topological polar surface area (TPSA) is 245 Å². The molecule has 0 aromatic heterocycles. The van der Waals surface area contributed by atoms with E-state index in [4.69, 9.17) is 33.1 Å². The number of morpholine rings is 1. The Morgan fingerprint density at radius 3 is 2.05 bits per heavy atom. The fraction of sp³-hybridized carbons (Fsp3) is 0.400. The van der Waals surface area contributed by atoms with Gasteiger partial charge in [0.2, 0.25) is 23.6 Å². The van der Waals surface area contributed by atoms with Gasteiger partial charge in [-0.25, -0.2) is 0 Å². The van der Waals surface area contributed by atoms with Crippen LogP contribution in [0.25, 0.3) is 0 Å². The van der Waals surface area contributed by atoms with E-state index in [1.54, 1.807) is 53.4 Å². The van der Waals surface area contributed by atoms with Crippen LogP contribution in [0.15, 0.2) is 59.6 Å². The molecule has 0 bridgehead atoms. The normalized spacial score (nSPS) is 14.9. The van der Waals surface area contributed by atoms with Crippen LogP contribution < -0.4 is 33.6 Å². The third-order valence-corrected chi connectivity index (χ3v) is 7.16. The number of nitrogens with one attached hydrogen (secondary N) is 3. The summed E-state index contributed by atoms with van der Waals surface area (Å²) in [6.07, 6.45) is 0.705. The predicted octanol–water partition coefficient (Wildman–Crippen LogP) is -1.26. The predicted molar refractivity (Wildman–Crippen MR) is 165 cm³/mol. The van der Waals surface area contributed by atoms with Crippen LogP contribution in [0, 0.1) is 11.3 Å². The number of rotatable bonds is 15. The summed E-state index contributed by atoms with van der Waals surface area (Å²) in [4.78, 5) is 58.7. The van der Waals surface area contributed by atoms with E-state index in [2.05, 4.69) is 15.6 Å². The van der Waals surface area contributed by atoms with Crippen LogP contribution in [0.2, 0.25) is 0 Å². The zero-order valence-electron chi connectivity index (χ0n) is 24.5. The van der Waals surface area contributed by atoms with E-state index >= 15 is 0 Å². The number of amides is 4. The van der Waals surface area contributed by atoms with Crippen LogP contribution in [0.1, 0.15) is 29.5 Å². The Bertz CT molecular complexity index is 1320. The average Bonchev–Trinajstić information content (AvgIpc) is 3.01. The van der Waals surface area contributed by atoms with Crippen LogP contribution in [0.3, 0.4) is 0 Å². The molecule has 3 atom stereocenters. The average molecular weight is 608 g/mol. The first-order valence-electron chi connectivity index (χ1n) is 14.3. The van der Waals surface area contributed by atoms with Crippen molar-refractivity contribution >= 4 is 35.4 Å². The van der Waals surface area contributed by atoms with Crippen molar-refractivity contribution in [2.45, 2.75) is 37.8 Å². The van der Waals surface area contributed by atoms with Crippen molar-refractivity contribution < 1.29 is 23.9 Å². The number of nitrogen functional groups attached to an aromatic ring is 1. The first-order valence-corrected chi connectivity index (χ1v) is 14.3. The molecule has 1 fully saturated rings. The van der Waals surface area contributed by atoms with E-state index in [0.29, 0.717) is 43.9 Å². The maximum Gasteiger partial charge on any atom is 0.243 e. The number of primary amides is 1. The lowest BCUT2D eigenvalue weighted by Gasteiger charge is -2.31. The van der Waals surface area contributed by atoms with Gasteiger partial charge in [0.25, 0.3) is 0 Å². The first kappa shape index (κ1) is 33.5. The highest BCUT2D eigenvalue weighted by Gasteiger charge is 2.35. The molecule has 11 N–H and O–H groups in total. The van der Waals surface area contributed by atoms with E-state index in [-0.39, 0.29) is 37.6 Å². The Morgan fingerprint density at radius 2 is 1.45 bits per heavy atom. The third kappa shape index (κ3) is 10.4. The maximum absolute atomic E-state index is 13.9. The fourth-order valence-corrected chi connectivity index (χ4v) is 4.75. The highest BCUT2D eigenvalue weighted by Crippen LogP contribution is 2.16. The number of carbonyl (C=O) groups excluding carboxylic acids is 4. The lowest BCUT2D eigenvalue weighted by Crippen LogP contribution is -2.56. The van der Waals surface area contributed by atoms with E-state index < -0.39 is 41.6 Å². The fourth-order valence-electron chi connectivity index (χ4n) is 4.75. The maximum atomic E-state index is 13.9. The molecule has 2 aromatic carbocycles. The van der Waals surface area contributed by atoms with Crippen LogP contribution in [-0.2, 0) is 36.8 Å². The number of carbonyl (C=O) groups is 4. The number of hydrogen-bond donors (Lipinski definition) is 7. The summed E-state index contributed by atoms with van der Waals surface area (Å²) in [5.74, 6) is -3.76. The Labute approximate surface area is 256 Å². The molecular weight excluding hydrogens is 566 g/mol. The van der Waals surface area contributed by atoms with Gasteiger partial charge in [0, 0.05) is 31.6 Å². The molecule has 1 saturated heterocycles. The molecular formula is C30H41N9O5. The van der Waals surface area contributed by atoms with Gasteiger partial charge < -0.3 is 43.2 Å². The molecule has 1 unspecified atom stereocenters. The summed E-state index contributed by atoms with van der Waals surface area (Å²) in [6, 6.07) is 13.6. The van der Waals surface area contributed by atoms with Gasteiger partial charge in [-0.3, -0.25) is 29.6 Å². The van der Waals surface area contributed by atoms with Gasteiger partial charge in [-0.15, -0.1) is 0 Å². The van der Waals surface area contributed by atoms with Crippen molar-refractivity contribution in [2.24, 2.45) is 33.8 Å². The Balaban J connectivity index is 1.84. The molecule has 14 nitrogen and oxygen atoms in total. The van der Waals surface area contributed by atoms with Crippen molar-refractivity contribution in [3.05, 3.63) is 71.3 Å².